The summed E-state index contributed by atoms with van der Waals surface area (Å²) in [5, 5.41) is 0.560. The normalized spacial score (nSPS) is 9.25. The number of rotatable bonds is 1. The molecule has 0 radical (unpaired) electrons. The molecule has 1 N–H and O–H groups in total. The zero-order chi connectivity index (χ0) is 11.3. The zero-order valence-electron chi connectivity index (χ0n) is 10.3. The molecule has 0 atom stereocenters. The van der Waals surface area contributed by atoms with Crippen LogP contribution in [0.2, 0.25) is 0 Å². The van der Waals surface area contributed by atoms with E-state index in [2.05, 4.69) is 30.2 Å². The van der Waals surface area contributed by atoms with Crippen molar-refractivity contribution in [3.8, 4) is 0 Å². The molecule has 0 bridgehead atoms. The number of halogens is 1. The Balaban J connectivity index is 0.000000397. The van der Waals surface area contributed by atoms with Crippen molar-refractivity contribution in [3.63, 3.8) is 0 Å². The van der Waals surface area contributed by atoms with Gasteiger partial charge in [-0.05, 0) is 13.0 Å². The average molecular weight is 214 g/mol. The van der Waals surface area contributed by atoms with Crippen molar-refractivity contribution in [2.24, 2.45) is 0 Å². The van der Waals surface area contributed by atoms with Gasteiger partial charge in [0.1, 0.15) is 11.5 Å². The van der Waals surface area contributed by atoms with Crippen molar-refractivity contribution in [1.82, 2.24) is 9.97 Å². The monoisotopic (exact) mass is 214 g/mol. The predicted molar refractivity (Wildman–Crippen MR) is 61.1 cm³/mol. The van der Waals surface area contributed by atoms with Crippen molar-refractivity contribution in [2.75, 3.05) is 0 Å². The molecule has 2 nitrogen and oxygen atoms in total. The van der Waals surface area contributed by atoms with E-state index in [0.29, 0.717) is 16.6 Å². The first-order valence-electron chi connectivity index (χ1n) is 5.06. The van der Waals surface area contributed by atoms with Crippen molar-refractivity contribution in [3.05, 3.63) is 36.3 Å². The Bertz CT molecular complexity index is 424. The molecule has 0 aliphatic heterocycles. The molecule has 0 saturated heterocycles. The largest absolute Gasteiger partial charge is 1.00 e. The molecule has 0 spiro atoms. The molecule has 4 heteroatoms. The van der Waals surface area contributed by atoms with Crippen LogP contribution in [0, 0.1) is 19.2 Å². The molecule has 0 unspecified atom stereocenters. The molecule has 2 aromatic heterocycles. The van der Waals surface area contributed by atoms with Gasteiger partial charge in [0.2, 0.25) is 0 Å². The van der Waals surface area contributed by atoms with Crippen LogP contribution in [-0.2, 0) is 0 Å². The smallest absolute Gasteiger partial charge is 0.346 e. The molecule has 2 rings (SSSR count). The van der Waals surface area contributed by atoms with Gasteiger partial charge in [-0.1, -0.05) is 6.92 Å². The number of pyridine rings is 1. The van der Waals surface area contributed by atoms with Gasteiger partial charge in [0.15, 0.2) is 0 Å². The molecule has 16 heavy (non-hydrogen) atoms. The Morgan fingerprint density at radius 3 is 2.69 bits per heavy atom. The molecule has 0 fully saturated rings. The van der Waals surface area contributed by atoms with E-state index in [4.69, 9.17) is 0 Å². The van der Waals surface area contributed by atoms with Gasteiger partial charge in [0, 0.05) is 18.0 Å². The Kier molecular flexibility index (Phi) is 7.12. The van der Waals surface area contributed by atoms with Gasteiger partial charge in [0.25, 0.3) is 0 Å². The van der Waals surface area contributed by atoms with Gasteiger partial charge in [-0.15, -0.1) is 0 Å². The molecule has 2 heterocycles. The van der Waals surface area contributed by atoms with E-state index in [1.807, 2.05) is 0 Å². The zero-order valence-corrected chi connectivity index (χ0v) is 10.3. The van der Waals surface area contributed by atoms with Crippen LogP contribution in [0.1, 0.15) is 25.8 Å². The second kappa shape index (κ2) is 7.48. The van der Waals surface area contributed by atoms with Crippen LogP contribution in [0.25, 0.3) is 11.0 Å². The van der Waals surface area contributed by atoms with Gasteiger partial charge in [-0.3, -0.25) is 0 Å². The van der Waals surface area contributed by atoms with Gasteiger partial charge in [-0.2, -0.15) is 13.3 Å². The van der Waals surface area contributed by atoms with E-state index >= 15 is 0 Å². The third kappa shape index (κ3) is 3.66. The Hall–Kier alpha value is -0.783. The summed E-state index contributed by atoms with van der Waals surface area (Å²) in [6, 6.07) is 1.69. The fraction of sp³-hybridized carbons (Fsp3) is 0.333. The fourth-order valence-electron chi connectivity index (χ4n) is 1.08. The number of unbranched alkanes of at least 4 members (excludes halogenated alkanes) is 1. The van der Waals surface area contributed by atoms with Crippen LogP contribution in [0.4, 0.5) is 4.39 Å². The topological polar surface area (TPSA) is 28.7 Å². The van der Waals surface area contributed by atoms with Crippen molar-refractivity contribution < 1.29 is 23.3 Å². The standard InChI is InChI=1S/C8H7FN2.C4H9.Li/c1-5-4-11-8-6(7(5)9)2-3-10-8;1-3-4-2;/h2-4H,1H3,(H,10,11);3H,4H2,1-2H3;/q;-1;+1. The van der Waals surface area contributed by atoms with E-state index in [9.17, 15) is 4.39 Å². The number of nitrogens with one attached hydrogen (secondary N) is 1. The van der Waals surface area contributed by atoms with Crippen LogP contribution < -0.4 is 18.9 Å². The molecule has 0 saturated carbocycles. The van der Waals surface area contributed by atoms with E-state index in [1.54, 1.807) is 19.2 Å². The average Bonchev–Trinajstić information content (AvgIpc) is 2.73. The maximum absolute atomic E-state index is 13.2. The first-order chi connectivity index (χ1) is 7.20. The van der Waals surface area contributed by atoms with Gasteiger partial charge < -0.3 is 11.4 Å². The number of aryl methyl sites for hydroxylation is 1. The van der Waals surface area contributed by atoms with E-state index in [0.717, 1.165) is 0 Å². The maximum Gasteiger partial charge on any atom is 1.00 e. The minimum absolute atomic E-state index is 0. The quantitative estimate of drug-likeness (QED) is 0.547. The van der Waals surface area contributed by atoms with Crippen LogP contribution in [0.15, 0.2) is 18.5 Å². The van der Waals surface area contributed by atoms with Crippen LogP contribution in [-0.4, -0.2) is 9.97 Å². The molecule has 0 amide bonds. The van der Waals surface area contributed by atoms with E-state index < -0.39 is 0 Å². The minimum atomic E-state index is -0.184. The Morgan fingerprint density at radius 2 is 2.12 bits per heavy atom. The second-order valence-corrected chi connectivity index (χ2v) is 3.31. The van der Waals surface area contributed by atoms with Crippen molar-refractivity contribution in [1.29, 1.82) is 0 Å². The summed E-state index contributed by atoms with van der Waals surface area (Å²) in [5.74, 6) is -0.184. The molecule has 0 aliphatic carbocycles. The number of hydrogen-bond acceptors (Lipinski definition) is 1. The van der Waals surface area contributed by atoms with E-state index in [-0.39, 0.29) is 24.7 Å². The summed E-state index contributed by atoms with van der Waals surface area (Å²) in [6.45, 7) is 5.88. The Morgan fingerprint density at radius 1 is 1.50 bits per heavy atom. The number of nitrogens with zero attached hydrogens (tertiary/aromatic N) is 1. The number of fused-ring (bicyclic) bond motifs is 1. The summed E-state index contributed by atoms with van der Waals surface area (Å²) in [6.07, 6.45) is 6.52. The summed E-state index contributed by atoms with van der Waals surface area (Å²) >= 11 is 0. The summed E-state index contributed by atoms with van der Waals surface area (Å²) in [5.41, 5.74) is 1.19. The van der Waals surface area contributed by atoms with Crippen LogP contribution >= 0.6 is 0 Å². The first-order valence-corrected chi connectivity index (χ1v) is 5.06. The molecular weight excluding hydrogens is 198 g/mol. The number of aromatic nitrogens is 2. The number of H-pyrrole nitrogens is 1. The second-order valence-electron chi connectivity index (χ2n) is 3.31. The van der Waals surface area contributed by atoms with E-state index in [1.165, 1.54) is 12.6 Å². The molecule has 0 aliphatic rings. The first kappa shape index (κ1) is 15.2. The van der Waals surface area contributed by atoms with Gasteiger partial charge in [-0.25, -0.2) is 9.37 Å². The fourth-order valence-corrected chi connectivity index (χ4v) is 1.08. The number of hydrogen-bond donors (Lipinski definition) is 1. The third-order valence-electron chi connectivity index (χ3n) is 2.10. The summed E-state index contributed by atoms with van der Waals surface area (Å²) < 4.78 is 13.2. The van der Waals surface area contributed by atoms with Crippen molar-refractivity contribution in [2.45, 2.75) is 27.2 Å². The van der Waals surface area contributed by atoms with Crippen LogP contribution in [0.5, 0.6) is 0 Å². The molecular formula is C12H16FLiN2. The third-order valence-corrected chi connectivity index (χ3v) is 2.10. The van der Waals surface area contributed by atoms with Crippen molar-refractivity contribution >= 4 is 11.0 Å². The maximum atomic E-state index is 13.2. The minimum Gasteiger partial charge on any atom is -0.346 e. The molecule has 2 aromatic rings. The number of aromatic amines is 1. The predicted octanol–water partition coefficient (Wildman–Crippen LogP) is 0.635. The summed E-state index contributed by atoms with van der Waals surface area (Å²) in [4.78, 5) is 6.84. The van der Waals surface area contributed by atoms with Crippen LogP contribution in [0.3, 0.4) is 0 Å². The SMILES string of the molecule is C[CH-]CC.Cc1cnc2[nH]ccc2c1F.[Li+]. The summed E-state index contributed by atoms with van der Waals surface area (Å²) in [7, 11) is 0. The molecule has 0 aromatic carbocycles. The van der Waals surface area contributed by atoms with Gasteiger partial charge >= 0.3 is 18.9 Å². The Labute approximate surface area is 108 Å². The molecule has 82 valence electrons. The van der Waals surface area contributed by atoms with Gasteiger partial charge in [0.05, 0.1) is 5.39 Å².